The van der Waals surface area contributed by atoms with Crippen molar-refractivity contribution in [1.82, 2.24) is 19.9 Å². The maximum atomic E-state index is 5.54. The number of hydrogen-bond donors (Lipinski definition) is 0. The lowest BCUT2D eigenvalue weighted by Gasteiger charge is -2.18. The molecule has 14 aromatic rings. The molecule has 3 aromatic heterocycles. The van der Waals surface area contributed by atoms with Gasteiger partial charge in [-0.05, 0) is 136 Å². The topological polar surface area (TPSA) is 51.6 Å². The van der Waals surface area contributed by atoms with Crippen LogP contribution in [-0.2, 0) is 0 Å². The van der Waals surface area contributed by atoms with E-state index in [1.165, 1.54) is 80.5 Å². The third kappa shape index (κ3) is 6.58. The molecule has 0 atom stereocenters. The van der Waals surface area contributed by atoms with Gasteiger partial charge in [0.05, 0.1) is 0 Å². The van der Waals surface area contributed by atoms with Gasteiger partial charge in [0.25, 0.3) is 0 Å². The lowest BCUT2D eigenvalue weighted by atomic mass is 9.87. The third-order valence-electron chi connectivity index (χ3n) is 13.7. The number of nitrogens with zero attached hydrogens (tertiary/aromatic N) is 4. The molecule has 69 heavy (non-hydrogen) atoms. The Hall–Kier alpha value is -8.90. The Morgan fingerprint density at radius 1 is 0.304 bits per heavy atom. The van der Waals surface area contributed by atoms with Crippen molar-refractivity contribution in [2.45, 2.75) is 0 Å². The largest absolute Gasteiger partial charge is 0.264 e. The zero-order valence-corrected chi connectivity index (χ0v) is 38.0. The fraction of sp³-hybridized carbons (Fsp3) is 0. The van der Waals surface area contributed by atoms with Crippen molar-refractivity contribution in [1.29, 1.82) is 0 Å². The Kier molecular flexibility index (Phi) is 9.04. The Morgan fingerprint density at radius 2 is 0.797 bits per heavy atom. The highest BCUT2D eigenvalue weighted by molar-refractivity contribution is 7.26. The van der Waals surface area contributed by atoms with Gasteiger partial charge in [-0.2, -0.15) is 0 Å². The maximum absolute atomic E-state index is 5.54. The molecular formula is C64H38N4S. The molecule has 0 saturated carbocycles. The summed E-state index contributed by atoms with van der Waals surface area (Å²) in [5.74, 6) is 1.84. The van der Waals surface area contributed by atoms with Crippen molar-refractivity contribution in [3.8, 4) is 67.5 Å². The minimum absolute atomic E-state index is 0.604. The number of fused-ring (bicyclic) bond motifs is 9. The highest BCUT2D eigenvalue weighted by Crippen LogP contribution is 2.45. The lowest BCUT2D eigenvalue weighted by molar-refractivity contribution is 1.08. The molecule has 320 valence electrons. The minimum Gasteiger partial charge on any atom is -0.264 e. The Bertz CT molecular complexity index is 4120. The second-order valence-corrected chi connectivity index (χ2v) is 18.8. The van der Waals surface area contributed by atoms with Crippen LogP contribution in [0.25, 0.3) is 142 Å². The third-order valence-corrected chi connectivity index (χ3v) is 14.9. The van der Waals surface area contributed by atoms with E-state index >= 15 is 0 Å². The summed E-state index contributed by atoms with van der Waals surface area (Å²) >= 11 is 1.80. The van der Waals surface area contributed by atoms with Gasteiger partial charge in [-0.1, -0.05) is 170 Å². The van der Waals surface area contributed by atoms with Crippen molar-refractivity contribution in [2.75, 3.05) is 0 Å². The highest BCUT2D eigenvalue weighted by atomic mass is 32.1. The van der Waals surface area contributed by atoms with Gasteiger partial charge in [0.2, 0.25) is 0 Å². The molecule has 0 N–H and O–H groups in total. The summed E-state index contributed by atoms with van der Waals surface area (Å²) in [6.45, 7) is 0. The van der Waals surface area contributed by atoms with Crippen molar-refractivity contribution >= 4 is 85.4 Å². The first-order chi connectivity index (χ1) is 34.2. The van der Waals surface area contributed by atoms with E-state index in [0.717, 1.165) is 43.6 Å². The van der Waals surface area contributed by atoms with Crippen molar-refractivity contribution in [3.05, 3.63) is 231 Å². The number of aromatic nitrogens is 4. The number of rotatable bonds is 6. The molecule has 0 aliphatic carbocycles. The van der Waals surface area contributed by atoms with Crippen LogP contribution in [0.3, 0.4) is 0 Å². The fourth-order valence-electron chi connectivity index (χ4n) is 10.5. The average molecular weight is 895 g/mol. The van der Waals surface area contributed by atoms with E-state index in [4.69, 9.17) is 15.0 Å². The molecule has 0 bridgehead atoms. The van der Waals surface area contributed by atoms with Crippen molar-refractivity contribution in [2.24, 2.45) is 0 Å². The molecule has 0 spiro atoms. The van der Waals surface area contributed by atoms with Crippen molar-refractivity contribution < 1.29 is 0 Å². The second kappa shape index (κ2) is 15.9. The first-order valence-electron chi connectivity index (χ1n) is 23.3. The standard InChI is InChI=1S/C64H38N4S/c1-6-19-50-40(13-1)30-31-57-60(50)55-24-11-25-56(61(55)69-57)64-67-62(41-28-26-39(27-29-41)46-18-12-32-65-38-46)66-63(68-64)49-36-47(58-51-20-7-2-14-42(51)33-43-15-3-8-21-52(43)58)35-48(37-49)59-53-22-9-4-16-44(53)34-45-17-5-10-23-54(45)59/h1-38H. The smallest absolute Gasteiger partial charge is 0.165 e. The van der Waals surface area contributed by atoms with Crippen LogP contribution in [0.15, 0.2) is 231 Å². The van der Waals surface area contributed by atoms with Gasteiger partial charge in [-0.3, -0.25) is 4.98 Å². The summed E-state index contributed by atoms with van der Waals surface area (Å²) in [7, 11) is 0. The summed E-state index contributed by atoms with van der Waals surface area (Å²) in [5.41, 5.74) is 9.46. The van der Waals surface area contributed by atoms with E-state index in [1.54, 1.807) is 17.5 Å². The van der Waals surface area contributed by atoms with Gasteiger partial charge in [0.1, 0.15) is 0 Å². The van der Waals surface area contributed by atoms with E-state index in [0.29, 0.717) is 17.5 Å². The predicted octanol–water partition coefficient (Wildman–Crippen LogP) is 17.4. The van der Waals surface area contributed by atoms with Gasteiger partial charge in [0.15, 0.2) is 17.5 Å². The van der Waals surface area contributed by atoms with Crippen LogP contribution in [0.4, 0.5) is 0 Å². The van der Waals surface area contributed by atoms with Crippen LogP contribution in [-0.4, -0.2) is 19.9 Å². The zero-order chi connectivity index (χ0) is 45.4. The summed E-state index contributed by atoms with van der Waals surface area (Å²) in [6, 6.07) is 78.8. The number of thiophene rings is 1. The van der Waals surface area contributed by atoms with Crippen LogP contribution < -0.4 is 0 Å². The van der Waals surface area contributed by atoms with E-state index in [9.17, 15) is 0 Å². The Labute approximate surface area is 401 Å². The maximum Gasteiger partial charge on any atom is 0.165 e. The van der Waals surface area contributed by atoms with Crippen molar-refractivity contribution in [3.63, 3.8) is 0 Å². The molecule has 0 radical (unpaired) electrons. The number of hydrogen-bond acceptors (Lipinski definition) is 5. The van der Waals surface area contributed by atoms with Crippen LogP contribution in [0.5, 0.6) is 0 Å². The fourth-order valence-corrected chi connectivity index (χ4v) is 11.8. The molecule has 4 nitrogen and oxygen atoms in total. The summed E-state index contributed by atoms with van der Waals surface area (Å²) in [4.78, 5) is 20.8. The van der Waals surface area contributed by atoms with Gasteiger partial charge >= 0.3 is 0 Å². The Morgan fingerprint density at radius 3 is 1.38 bits per heavy atom. The lowest BCUT2D eigenvalue weighted by Crippen LogP contribution is -2.01. The molecule has 0 unspecified atom stereocenters. The molecule has 0 fully saturated rings. The van der Waals surface area contributed by atoms with Crippen LogP contribution in [0, 0.1) is 0 Å². The summed E-state index contributed by atoms with van der Waals surface area (Å²) < 4.78 is 2.39. The first-order valence-corrected chi connectivity index (χ1v) is 24.1. The van der Waals surface area contributed by atoms with E-state index in [1.807, 2.05) is 12.3 Å². The number of benzene rings is 11. The monoisotopic (exact) mass is 894 g/mol. The minimum atomic E-state index is 0.604. The van der Waals surface area contributed by atoms with Gasteiger partial charge < -0.3 is 0 Å². The van der Waals surface area contributed by atoms with Crippen LogP contribution in [0.2, 0.25) is 0 Å². The average Bonchev–Trinajstić information content (AvgIpc) is 3.81. The summed E-state index contributed by atoms with van der Waals surface area (Å²) in [5, 5.41) is 14.5. The molecule has 0 amide bonds. The van der Waals surface area contributed by atoms with Gasteiger partial charge in [-0.15, -0.1) is 11.3 Å². The molecule has 0 aliphatic heterocycles. The quantitative estimate of drug-likeness (QED) is 0.156. The van der Waals surface area contributed by atoms with Gasteiger partial charge in [-0.25, -0.2) is 15.0 Å². The second-order valence-electron chi connectivity index (χ2n) is 17.8. The highest BCUT2D eigenvalue weighted by Gasteiger charge is 2.21. The first kappa shape index (κ1) is 39.3. The molecule has 14 rings (SSSR count). The van der Waals surface area contributed by atoms with Crippen LogP contribution in [0.1, 0.15) is 0 Å². The molecule has 11 aromatic carbocycles. The predicted molar refractivity (Wildman–Crippen MR) is 291 cm³/mol. The molecule has 3 heterocycles. The van der Waals surface area contributed by atoms with Crippen LogP contribution >= 0.6 is 11.3 Å². The van der Waals surface area contributed by atoms with Gasteiger partial charge in [0, 0.05) is 49.3 Å². The molecule has 0 aliphatic rings. The molecule has 0 saturated heterocycles. The molecular weight excluding hydrogens is 857 g/mol. The van der Waals surface area contributed by atoms with E-state index in [2.05, 4.69) is 217 Å². The normalized spacial score (nSPS) is 11.8. The Balaban J connectivity index is 1.07. The van der Waals surface area contributed by atoms with E-state index in [-0.39, 0.29) is 0 Å². The van der Waals surface area contributed by atoms with E-state index < -0.39 is 0 Å². The molecule has 5 heteroatoms. The number of pyridine rings is 1. The SMILES string of the molecule is c1cncc(-c2ccc(-c3nc(-c4cc(-c5c6ccccc6cc6ccccc56)cc(-c5c6ccccc6cc6ccccc56)c4)nc(-c4cccc5c4sc4ccc6ccccc6c45)n3)cc2)c1. The zero-order valence-electron chi connectivity index (χ0n) is 37.1. The summed E-state index contributed by atoms with van der Waals surface area (Å²) in [6.07, 6.45) is 3.70.